The van der Waals surface area contributed by atoms with Gasteiger partial charge in [0.25, 0.3) is 5.91 Å². The molecule has 0 spiro atoms. The number of benzene rings is 1. The lowest BCUT2D eigenvalue weighted by molar-refractivity contribution is 0.0697. The summed E-state index contributed by atoms with van der Waals surface area (Å²) in [6.07, 6.45) is 3.79. The number of piperidine rings is 1. The molecular formula is C17H23ClN4O2. The van der Waals surface area contributed by atoms with Gasteiger partial charge in [-0.05, 0) is 56.3 Å². The maximum atomic E-state index is 12.6. The number of aromatic nitrogens is 2. The van der Waals surface area contributed by atoms with Crippen LogP contribution in [0.4, 0.5) is 0 Å². The highest BCUT2D eigenvalue weighted by Crippen LogP contribution is 2.16. The third-order valence-corrected chi connectivity index (χ3v) is 4.32. The number of carbonyl (C=O) groups excluding carboxylic acids is 1. The van der Waals surface area contributed by atoms with Crippen LogP contribution in [-0.4, -0.2) is 53.9 Å². The largest absolute Gasteiger partial charge is 0.497 e. The van der Waals surface area contributed by atoms with Crippen LogP contribution in [0.3, 0.4) is 0 Å². The molecule has 0 aliphatic carbocycles. The van der Waals surface area contributed by atoms with E-state index in [4.69, 9.17) is 4.74 Å². The summed E-state index contributed by atoms with van der Waals surface area (Å²) in [5.41, 5.74) is 1.37. The maximum absolute atomic E-state index is 12.6. The number of hydrogen-bond donors (Lipinski definition) is 1. The fourth-order valence-electron chi connectivity index (χ4n) is 2.86. The third-order valence-electron chi connectivity index (χ3n) is 4.32. The summed E-state index contributed by atoms with van der Waals surface area (Å²) in [6.45, 7) is 1.92. The molecule has 0 unspecified atom stereocenters. The van der Waals surface area contributed by atoms with Crippen LogP contribution in [0.15, 0.2) is 36.5 Å². The van der Waals surface area contributed by atoms with Crippen molar-refractivity contribution >= 4 is 18.3 Å². The highest BCUT2D eigenvalue weighted by molar-refractivity contribution is 5.92. The number of nitrogens with one attached hydrogen (secondary N) is 1. The average Bonchev–Trinajstić information content (AvgIpc) is 3.11. The van der Waals surface area contributed by atoms with Crippen molar-refractivity contribution in [1.29, 1.82) is 0 Å². The zero-order valence-corrected chi connectivity index (χ0v) is 14.8. The third kappa shape index (κ3) is 3.88. The van der Waals surface area contributed by atoms with Crippen molar-refractivity contribution in [3.63, 3.8) is 0 Å². The molecule has 1 saturated heterocycles. The van der Waals surface area contributed by atoms with Gasteiger partial charge in [-0.1, -0.05) is 0 Å². The number of rotatable bonds is 4. The van der Waals surface area contributed by atoms with Crippen molar-refractivity contribution in [2.75, 3.05) is 27.2 Å². The van der Waals surface area contributed by atoms with Gasteiger partial charge in [0.1, 0.15) is 5.75 Å². The van der Waals surface area contributed by atoms with Gasteiger partial charge < -0.3 is 15.0 Å². The van der Waals surface area contributed by atoms with Crippen LogP contribution >= 0.6 is 12.4 Å². The Kier molecular flexibility index (Phi) is 6.23. The molecule has 6 nitrogen and oxygen atoms in total. The lowest BCUT2D eigenvalue weighted by atomic mass is 10.1. The predicted molar refractivity (Wildman–Crippen MR) is 95.3 cm³/mol. The molecule has 1 aromatic carbocycles. The minimum atomic E-state index is -0.0239. The summed E-state index contributed by atoms with van der Waals surface area (Å²) >= 11 is 0. The summed E-state index contributed by atoms with van der Waals surface area (Å²) in [7, 11) is 3.50. The highest BCUT2D eigenvalue weighted by Gasteiger charge is 2.24. The summed E-state index contributed by atoms with van der Waals surface area (Å²) in [4.78, 5) is 14.4. The SMILES string of the molecule is COc1ccc(-n2ccc(C(=O)N(C)C3CCNCC3)n2)cc1.Cl. The molecule has 1 aromatic heterocycles. The van der Waals surface area contributed by atoms with Crippen LogP contribution in [-0.2, 0) is 0 Å². The van der Waals surface area contributed by atoms with Crippen molar-refractivity contribution < 1.29 is 9.53 Å². The Balaban J connectivity index is 0.00000208. The molecule has 0 bridgehead atoms. The molecular weight excluding hydrogens is 328 g/mol. The topological polar surface area (TPSA) is 59.4 Å². The second-order valence-electron chi connectivity index (χ2n) is 5.74. The van der Waals surface area contributed by atoms with E-state index in [1.54, 1.807) is 17.9 Å². The average molecular weight is 351 g/mol. The number of carbonyl (C=O) groups is 1. The lowest BCUT2D eigenvalue weighted by Gasteiger charge is -2.31. The molecule has 130 valence electrons. The number of ether oxygens (including phenoxy) is 1. The standard InChI is InChI=1S/C17H22N4O2.ClH/c1-20(13-7-10-18-11-8-13)17(22)16-9-12-21(19-16)14-3-5-15(23-2)6-4-14;/h3-6,9,12-13,18H,7-8,10-11H2,1-2H3;1H. The van der Waals surface area contributed by atoms with Gasteiger partial charge >= 0.3 is 0 Å². The van der Waals surface area contributed by atoms with Gasteiger partial charge in [-0.2, -0.15) is 5.10 Å². The van der Waals surface area contributed by atoms with E-state index in [1.165, 1.54) is 0 Å². The predicted octanol–water partition coefficient (Wildman–Crippen LogP) is 2.13. The highest BCUT2D eigenvalue weighted by atomic mass is 35.5. The Morgan fingerprint density at radius 3 is 2.54 bits per heavy atom. The first-order valence-corrected chi connectivity index (χ1v) is 7.87. The van der Waals surface area contributed by atoms with Crippen molar-refractivity contribution in [1.82, 2.24) is 20.0 Å². The van der Waals surface area contributed by atoms with Gasteiger partial charge in [0.05, 0.1) is 12.8 Å². The van der Waals surface area contributed by atoms with E-state index in [2.05, 4.69) is 10.4 Å². The molecule has 1 fully saturated rings. The molecule has 0 radical (unpaired) electrons. The number of methoxy groups -OCH3 is 1. The molecule has 24 heavy (non-hydrogen) atoms. The van der Waals surface area contributed by atoms with Crippen LogP contribution in [0.2, 0.25) is 0 Å². The normalized spacial score (nSPS) is 14.8. The number of amides is 1. The molecule has 7 heteroatoms. The fraction of sp³-hybridized carbons (Fsp3) is 0.412. The Morgan fingerprint density at radius 2 is 1.92 bits per heavy atom. The van der Waals surface area contributed by atoms with E-state index < -0.39 is 0 Å². The van der Waals surface area contributed by atoms with Crippen molar-refractivity contribution in [2.24, 2.45) is 0 Å². The molecule has 1 N–H and O–H groups in total. The number of nitrogens with zero attached hydrogens (tertiary/aromatic N) is 3. The Hall–Kier alpha value is -2.05. The fourth-order valence-corrected chi connectivity index (χ4v) is 2.86. The van der Waals surface area contributed by atoms with Gasteiger partial charge in [-0.3, -0.25) is 4.79 Å². The molecule has 1 amide bonds. The summed E-state index contributed by atoms with van der Waals surface area (Å²) < 4.78 is 6.86. The second kappa shape index (κ2) is 8.17. The summed E-state index contributed by atoms with van der Waals surface area (Å²) in [5.74, 6) is 0.770. The first kappa shape index (κ1) is 18.3. The zero-order valence-electron chi connectivity index (χ0n) is 13.9. The molecule has 1 aliphatic heterocycles. The molecule has 1 aliphatic rings. The Bertz CT molecular complexity index is 665. The molecule has 2 heterocycles. The second-order valence-corrected chi connectivity index (χ2v) is 5.74. The van der Waals surface area contributed by atoms with Crippen LogP contribution in [0.25, 0.3) is 5.69 Å². The first-order valence-electron chi connectivity index (χ1n) is 7.87. The molecule has 3 rings (SSSR count). The molecule has 2 aromatic rings. The van der Waals surface area contributed by atoms with E-state index in [-0.39, 0.29) is 24.4 Å². The summed E-state index contributed by atoms with van der Waals surface area (Å²) in [6, 6.07) is 9.63. The minimum Gasteiger partial charge on any atom is -0.497 e. The van der Waals surface area contributed by atoms with E-state index in [0.29, 0.717) is 5.69 Å². The van der Waals surface area contributed by atoms with E-state index in [1.807, 2.05) is 42.4 Å². The van der Waals surface area contributed by atoms with Crippen molar-refractivity contribution in [2.45, 2.75) is 18.9 Å². The molecule has 0 atom stereocenters. The summed E-state index contributed by atoms with van der Waals surface area (Å²) in [5, 5.41) is 7.74. The monoisotopic (exact) mass is 350 g/mol. The van der Waals surface area contributed by atoms with Crippen LogP contribution in [0, 0.1) is 0 Å². The zero-order chi connectivity index (χ0) is 16.2. The van der Waals surface area contributed by atoms with Gasteiger partial charge in [-0.25, -0.2) is 4.68 Å². The Labute approximate surface area is 148 Å². The maximum Gasteiger partial charge on any atom is 0.274 e. The quantitative estimate of drug-likeness (QED) is 0.917. The van der Waals surface area contributed by atoms with Gasteiger partial charge in [0.2, 0.25) is 0 Å². The first-order chi connectivity index (χ1) is 11.2. The van der Waals surface area contributed by atoms with Gasteiger partial charge in [0.15, 0.2) is 5.69 Å². The number of halogens is 1. The van der Waals surface area contributed by atoms with E-state index >= 15 is 0 Å². The number of hydrogen-bond acceptors (Lipinski definition) is 4. The van der Waals surface area contributed by atoms with Crippen molar-refractivity contribution in [3.05, 3.63) is 42.2 Å². The minimum absolute atomic E-state index is 0. The van der Waals surface area contributed by atoms with Crippen LogP contribution in [0.5, 0.6) is 5.75 Å². The van der Waals surface area contributed by atoms with Gasteiger partial charge in [0, 0.05) is 19.3 Å². The molecule has 0 saturated carbocycles. The van der Waals surface area contributed by atoms with Crippen LogP contribution in [0.1, 0.15) is 23.3 Å². The van der Waals surface area contributed by atoms with Crippen LogP contribution < -0.4 is 10.1 Å². The Morgan fingerprint density at radius 1 is 1.25 bits per heavy atom. The lowest BCUT2D eigenvalue weighted by Crippen LogP contribution is -2.44. The smallest absolute Gasteiger partial charge is 0.274 e. The van der Waals surface area contributed by atoms with Crippen molar-refractivity contribution in [3.8, 4) is 11.4 Å². The van der Waals surface area contributed by atoms with Gasteiger partial charge in [-0.15, -0.1) is 12.4 Å². The van der Waals surface area contributed by atoms with E-state index in [0.717, 1.165) is 37.4 Å². The van der Waals surface area contributed by atoms with E-state index in [9.17, 15) is 4.79 Å².